The Morgan fingerprint density at radius 2 is 1.96 bits per heavy atom. The lowest BCUT2D eigenvalue weighted by molar-refractivity contribution is 0.180. The van der Waals surface area contributed by atoms with E-state index < -0.39 is 11.8 Å². The predicted molar refractivity (Wildman–Crippen MR) is 105 cm³/mol. The van der Waals surface area contributed by atoms with Crippen molar-refractivity contribution in [3.05, 3.63) is 0 Å². The summed E-state index contributed by atoms with van der Waals surface area (Å²) in [5.41, 5.74) is -2.72. The molecule has 1 amide bonds. The quantitative estimate of drug-likeness (QED) is 0.165. The lowest BCUT2D eigenvalue weighted by Crippen LogP contribution is -2.24. The van der Waals surface area contributed by atoms with Crippen LogP contribution in [0, 0.1) is 0 Å². The van der Waals surface area contributed by atoms with Crippen molar-refractivity contribution in [3.8, 4) is 0 Å². The Morgan fingerprint density at radius 3 is 2.50 bits per heavy atom. The largest absolute Gasteiger partial charge is 0.413 e. The minimum Gasteiger partial charge on any atom is -0.396 e. The molecule has 0 aromatic heterocycles. The van der Waals surface area contributed by atoms with Crippen LogP contribution in [0.1, 0.15) is 46.5 Å². The Morgan fingerprint density at radius 1 is 1.25 bits per heavy atom. The van der Waals surface area contributed by atoms with Gasteiger partial charge >= 0.3 is 6.09 Å². The molecule has 0 aliphatic heterocycles. The number of alkyl carbamates (subject to hydrolysis) is 1. The number of ether oxygens (including phenoxy) is 1. The molecular weight excluding hydrogens is 369 g/mol. The molecule has 0 saturated heterocycles. The second kappa shape index (κ2) is 13.9. The number of hydrogen-bond acceptors (Lipinski definition) is 7. The molecule has 0 fully saturated rings. The van der Waals surface area contributed by atoms with Gasteiger partial charge in [0.2, 0.25) is 5.90 Å². The van der Waals surface area contributed by atoms with E-state index in [9.17, 15) is 9.36 Å². The van der Waals surface area contributed by atoms with E-state index in [1.807, 2.05) is 13.8 Å². The standard InChI is InChI=1S/C14H30N3O4PS2/c1-6-7-8-9-10-23-22(19,17-12(2)3)24-11-13(16-20-5)21-14(18)15-4/h12H,6-11H2,1-5H3,(H,15,18)(H,17,19). The van der Waals surface area contributed by atoms with Gasteiger partial charge < -0.3 is 14.9 Å². The van der Waals surface area contributed by atoms with Crippen LogP contribution in [0.5, 0.6) is 0 Å². The summed E-state index contributed by atoms with van der Waals surface area (Å²) in [6.45, 7) is 6.07. The van der Waals surface area contributed by atoms with E-state index in [0.717, 1.165) is 18.6 Å². The minimum atomic E-state index is -2.72. The van der Waals surface area contributed by atoms with Gasteiger partial charge in [-0.3, -0.25) is 4.57 Å². The van der Waals surface area contributed by atoms with Gasteiger partial charge in [0.05, 0.1) is 5.75 Å². The van der Waals surface area contributed by atoms with Crippen molar-refractivity contribution >= 4 is 40.5 Å². The van der Waals surface area contributed by atoms with E-state index >= 15 is 0 Å². The summed E-state index contributed by atoms with van der Waals surface area (Å²) in [4.78, 5) is 16.0. The maximum atomic E-state index is 13.1. The number of nitrogens with zero attached hydrogens (tertiary/aromatic N) is 1. The van der Waals surface area contributed by atoms with Crippen molar-refractivity contribution in [2.45, 2.75) is 52.5 Å². The zero-order chi connectivity index (χ0) is 18.4. The molecule has 10 heteroatoms. The van der Waals surface area contributed by atoms with Crippen molar-refractivity contribution < 1.29 is 18.9 Å². The van der Waals surface area contributed by atoms with Gasteiger partial charge in [0.1, 0.15) is 7.11 Å². The number of rotatable bonds is 12. The summed E-state index contributed by atoms with van der Waals surface area (Å²) < 4.78 is 18.1. The highest BCUT2D eigenvalue weighted by molar-refractivity contribution is 8.90. The molecule has 0 saturated carbocycles. The molecule has 0 radical (unpaired) electrons. The van der Waals surface area contributed by atoms with Crippen LogP contribution in [0.15, 0.2) is 5.16 Å². The molecule has 7 nitrogen and oxygen atoms in total. The zero-order valence-corrected chi connectivity index (χ0v) is 17.7. The van der Waals surface area contributed by atoms with Crippen LogP contribution in [0.3, 0.4) is 0 Å². The Bertz CT molecular complexity index is 436. The van der Waals surface area contributed by atoms with Gasteiger partial charge in [0.25, 0.3) is 5.70 Å². The SMILES string of the molecule is CCCCCCSP(=O)(NC(C)C)SCC(=NOC)OC(=O)NC. The summed E-state index contributed by atoms with van der Waals surface area (Å²) >= 11 is 2.65. The second-order valence-electron chi connectivity index (χ2n) is 5.26. The summed E-state index contributed by atoms with van der Waals surface area (Å²) in [5.74, 6) is 1.09. The van der Waals surface area contributed by atoms with Gasteiger partial charge in [-0.15, -0.1) is 0 Å². The molecule has 0 heterocycles. The summed E-state index contributed by atoms with van der Waals surface area (Å²) in [5, 5.41) is 9.15. The summed E-state index contributed by atoms with van der Waals surface area (Å²) in [6.07, 6.45) is 3.92. The molecule has 0 spiro atoms. The third-order valence-electron chi connectivity index (χ3n) is 2.64. The van der Waals surface area contributed by atoms with Gasteiger partial charge in [0.15, 0.2) is 0 Å². The predicted octanol–water partition coefficient (Wildman–Crippen LogP) is 4.46. The Labute approximate surface area is 153 Å². The lowest BCUT2D eigenvalue weighted by atomic mass is 10.2. The summed E-state index contributed by atoms with van der Waals surface area (Å²) in [7, 11) is 2.82. The number of amides is 1. The number of carbonyl (C=O) groups excluding carboxylic acids is 1. The molecule has 0 aliphatic rings. The number of nitrogens with one attached hydrogen (secondary N) is 2. The molecule has 0 bridgehead atoms. The molecule has 24 heavy (non-hydrogen) atoms. The third-order valence-corrected chi connectivity index (χ3v) is 10.5. The van der Waals surface area contributed by atoms with Gasteiger partial charge in [-0.2, -0.15) is 0 Å². The van der Waals surface area contributed by atoms with Gasteiger partial charge in [-0.1, -0.05) is 54.1 Å². The summed E-state index contributed by atoms with van der Waals surface area (Å²) in [6, 6.07) is 0.0918. The lowest BCUT2D eigenvalue weighted by Gasteiger charge is -2.20. The van der Waals surface area contributed by atoms with Crippen LogP contribution in [-0.4, -0.2) is 43.7 Å². The normalized spacial score (nSPS) is 14.3. The topological polar surface area (TPSA) is 89.0 Å². The highest BCUT2D eigenvalue weighted by Gasteiger charge is 2.26. The molecule has 0 aromatic carbocycles. The maximum Gasteiger partial charge on any atom is 0.413 e. The van der Waals surface area contributed by atoms with Crippen LogP contribution in [0.25, 0.3) is 0 Å². The first-order valence-corrected chi connectivity index (χ1v) is 12.9. The van der Waals surface area contributed by atoms with E-state index in [4.69, 9.17) is 4.74 Å². The van der Waals surface area contributed by atoms with Crippen molar-refractivity contribution in [1.82, 2.24) is 10.4 Å². The molecule has 2 N–H and O–H groups in total. The van der Waals surface area contributed by atoms with Crippen molar-refractivity contribution in [2.75, 3.05) is 25.7 Å². The smallest absolute Gasteiger partial charge is 0.396 e. The van der Waals surface area contributed by atoms with E-state index in [-0.39, 0.29) is 17.7 Å². The Balaban J connectivity index is 4.64. The molecule has 0 aromatic rings. The van der Waals surface area contributed by atoms with E-state index in [1.54, 1.807) is 0 Å². The van der Waals surface area contributed by atoms with E-state index in [0.29, 0.717) is 0 Å². The van der Waals surface area contributed by atoms with Crippen molar-refractivity contribution in [3.63, 3.8) is 0 Å². The number of unbranched alkanes of at least 4 members (excludes halogenated alkanes) is 3. The Hall–Kier alpha value is -0.370. The average molecular weight is 400 g/mol. The van der Waals surface area contributed by atoms with Gasteiger partial charge in [-0.25, -0.2) is 9.88 Å². The van der Waals surface area contributed by atoms with Crippen LogP contribution in [-0.2, 0) is 14.1 Å². The van der Waals surface area contributed by atoms with E-state index in [1.165, 1.54) is 49.8 Å². The van der Waals surface area contributed by atoms with Crippen molar-refractivity contribution in [1.29, 1.82) is 0 Å². The van der Waals surface area contributed by atoms with Crippen LogP contribution >= 0.6 is 28.5 Å². The molecular formula is C14H30N3O4PS2. The molecule has 0 aliphatic carbocycles. The highest BCUT2D eigenvalue weighted by atomic mass is 33.1. The molecule has 0 rings (SSSR count). The monoisotopic (exact) mass is 399 g/mol. The van der Waals surface area contributed by atoms with Crippen molar-refractivity contribution in [2.24, 2.45) is 5.16 Å². The average Bonchev–Trinajstić information content (AvgIpc) is 2.52. The van der Waals surface area contributed by atoms with Gasteiger partial charge in [0, 0.05) is 18.8 Å². The van der Waals surface area contributed by atoms with E-state index in [2.05, 4.69) is 27.3 Å². The Kier molecular flexibility index (Phi) is 13.7. The third kappa shape index (κ3) is 12.1. The number of carbonyl (C=O) groups is 1. The first kappa shape index (κ1) is 23.6. The second-order valence-corrected chi connectivity index (χ2v) is 13.1. The number of hydrogen-bond donors (Lipinski definition) is 2. The van der Waals surface area contributed by atoms with Crippen LogP contribution in [0.2, 0.25) is 0 Å². The van der Waals surface area contributed by atoms with Gasteiger partial charge in [-0.05, 0) is 20.3 Å². The molecule has 1 atom stereocenters. The van der Waals surface area contributed by atoms with Crippen LogP contribution < -0.4 is 10.4 Å². The molecule has 1 unspecified atom stereocenters. The number of oxime groups is 1. The fourth-order valence-electron chi connectivity index (χ4n) is 1.62. The zero-order valence-electron chi connectivity index (χ0n) is 15.2. The first-order valence-electron chi connectivity index (χ1n) is 8.03. The highest BCUT2D eigenvalue weighted by Crippen LogP contribution is 2.66. The first-order chi connectivity index (χ1) is 11.4. The fourth-order valence-corrected chi connectivity index (χ4v) is 9.14. The molecule has 142 valence electrons. The fraction of sp³-hybridized carbons (Fsp3) is 0.857. The van der Waals surface area contributed by atoms with Crippen LogP contribution in [0.4, 0.5) is 4.79 Å². The maximum absolute atomic E-state index is 13.1. The minimum absolute atomic E-state index is 0.0826.